The van der Waals surface area contributed by atoms with Crippen LogP contribution in [0.25, 0.3) is 0 Å². The number of rotatable bonds is 3. The standard InChI is InChI=1S/C12H18N2O2/c1-9-5-10(3-4-13-9)14-7-12(16-2)6-11(14)8-15/h3-5,11-12,15H,6-8H2,1-2H3/t11-,12+/m0/s1. The molecular formula is C12H18N2O2. The van der Waals surface area contributed by atoms with Gasteiger partial charge in [-0.15, -0.1) is 0 Å². The van der Waals surface area contributed by atoms with Gasteiger partial charge in [0.05, 0.1) is 18.8 Å². The molecule has 1 saturated heterocycles. The van der Waals surface area contributed by atoms with E-state index in [1.807, 2.05) is 19.1 Å². The van der Waals surface area contributed by atoms with E-state index in [9.17, 15) is 5.11 Å². The molecule has 0 spiro atoms. The number of aromatic nitrogens is 1. The minimum absolute atomic E-state index is 0.159. The van der Waals surface area contributed by atoms with Crippen LogP contribution < -0.4 is 4.90 Å². The van der Waals surface area contributed by atoms with Crippen molar-refractivity contribution < 1.29 is 9.84 Å². The van der Waals surface area contributed by atoms with Crippen LogP contribution in [0.5, 0.6) is 0 Å². The molecule has 0 aromatic carbocycles. The Bertz CT molecular complexity index is 357. The average Bonchev–Trinajstić information content (AvgIpc) is 2.72. The van der Waals surface area contributed by atoms with Gasteiger partial charge in [-0.2, -0.15) is 0 Å². The molecule has 0 aliphatic carbocycles. The molecule has 16 heavy (non-hydrogen) atoms. The fourth-order valence-electron chi connectivity index (χ4n) is 2.24. The van der Waals surface area contributed by atoms with Crippen LogP contribution in [0.1, 0.15) is 12.1 Å². The Kier molecular flexibility index (Phi) is 3.41. The monoisotopic (exact) mass is 222 g/mol. The maximum atomic E-state index is 9.37. The van der Waals surface area contributed by atoms with E-state index in [-0.39, 0.29) is 18.8 Å². The van der Waals surface area contributed by atoms with E-state index in [4.69, 9.17) is 4.74 Å². The van der Waals surface area contributed by atoms with Gasteiger partial charge in [0.15, 0.2) is 0 Å². The molecule has 0 radical (unpaired) electrons. The van der Waals surface area contributed by atoms with Crippen molar-refractivity contribution in [3.63, 3.8) is 0 Å². The largest absolute Gasteiger partial charge is 0.394 e. The highest BCUT2D eigenvalue weighted by Gasteiger charge is 2.31. The maximum Gasteiger partial charge on any atom is 0.0766 e. The number of pyridine rings is 1. The predicted molar refractivity (Wildman–Crippen MR) is 62.6 cm³/mol. The summed E-state index contributed by atoms with van der Waals surface area (Å²) in [6, 6.07) is 4.18. The van der Waals surface area contributed by atoms with Gasteiger partial charge in [-0.3, -0.25) is 4.98 Å². The fraction of sp³-hybridized carbons (Fsp3) is 0.583. The van der Waals surface area contributed by atoms with Crippen LogP contribution in [-0.4, -0.2) is 42.5 Å². The van der Waals surface area contributed by atoms with Crippen LogP contribution in [0, 0.1) is 6.92 Å². The normalized spacial score (nSPS) is 25.1. The molecule has 0 amide bonds. The van der Waals surface area contributed by atoms with Crippen molar-refractivity contribution in [3.05, 3.63) is 24.0 Å². The number of anilines is 1. The summed E-state index contributed by atoms with van der Waals surface area (Å²) in [4.78, 5) is 6.38. The summed E-state index contributed by atoms with van der Waals surface area (Å²) in [6.07, 6.45) is 2.90. The van der Waals surface area contributed by atoms with Crippen molar-refractivity contribution in [1.82, 2.24) is 4.98 Å². The average molecular weight is 222 g/mol. The summed E-state index contributed by atoms with van der Waals surface area (Å²) in [5, 5.41) is 9.37. The Morgan fingerprint density at radius 1 is 1.62 bits per heavy atom. The first-order chi connectivity index (χ1) is 7.74. The van der Waals surface area contributed by atoms with Gasteiger partial charge in [0.2, 0.25) is 0 Å². The number of ether oxygens (including phenoxy) is 1. The van der Waals surface area contributed by atoms with Crippen molar-refractivity contribution >= 4 is 5.69 Å². The molecule has 4 heteroatoms. The lowest BCUT2D eigenvalue weighted by atomic mass is 10.2. The number of nitrogens with zero attached hydrogens (tertiary/aromatic N) is 2. The van der Waals surface area contributed by atoms with E-state index in [0.29, 0.717) is 0 Å². The van der Waals surface area contributed by atoms with E-state index < -0.39 is 0 Å². The Hall–Kier alpha value is -1.13. The van der Waals surface area contributed by atoms with Gasteiger partial charge in [-0.25, -0.2) is 0 Å². The summed E-state index contributed by atoms with van der Waals surface area (Å²) in [5.41, 5.74) is 2.11. The number of aliphatic hydroxyl groups is 1. The predicted octanol–water partition coefficient (Wildman–Crippen LogP) is 0.976. The zero-order valence-electron chi connectivity index (χ0n) is 9.76. The lowest BCUT2D eigenvalue weighted by Gasteiger charge is -2.25. The molecule has 88 valence electrons. The summed E-state index contributed by atoms with van der Waals surface area (Å²) in [6.45, 7) is 2.98. The van der Waals surface area contributed by atoms with E-state index in [1.54, 1.807) is 13.3 Å². The second-order valence-electron chi connectivity index (χ2n) is 4.24. The zero-order chi connectivity index (χ0) is 11.5. The van der Waals surface area contributed by atoms with Crippen LogP contribution in [0.4, 0.5) is 5.69 Å². The van der Waals surface area contributed by atoms with Crippen LogP contribution in [0.2, 0.25) is 0 Å². The SMILES string of the molecule is CO[C@@H]1C[C@@H](CO)N(c2ccnc(C)c2)C1. The Morgan fingerprint density at radius 2 is 2.44 bits per heavy atom. The van der Waals surface area contributed by atoms with Crippen LogP contribution >= 0.6 is 0 Å². The van der Waals surface area contributed by atoms with Gasteiger partial charge in [0, 0.05) is 31.2 Å². The molecule has 2 atom stereocenters. The summed E-state index contributed by atoms with van der Waals surface area (Å²) in [7, 11) is 1.72. The number of aliphatic hydroxyl groups excluding tert-OH is 1. The van der Waals surface area contributed by atoms with Gasteiger partial charge in [-0.1, -0.05) is 0 Å². The second-order valence-corrected chi connectivity index (χ2v) is 4.24. The summed E-state index contributed by atoms with van der Waals surface area (Å²) in [5.74, 6) is 0. The van der Waals surface area contributed by atoms with Gasteiger partial charge in [0.1, 0.15) is 0 Å². The molecule has 0 unspecified atom stereocenters. The first-order valence-electron chi connectivity index (χ1n) is 5.57. The lowest BCUT2D eigenvalue weighted by Crippen LogP contribution is -2.32. The van der Waals surface area contributed by atoms with Crippen molar-refractivity contribution in [2.45, 2.75) is 25.5 Å². The van der Waals surface area contributed by atoms with E-state index >= 15 is 0 Å². The number of methoxy groups -OCH3 is 1. The van der Waals surface area contributed by atoms with Crippen molar-refractivity contribution in [2.75, 3.05) is 25.2 Å². The molecule has 1 N–H and O–H groups in total. The van der Waals surface area contributed by atoms with Crippen molar-refractivity contribution in [3.8, 4) is 0 Å². The highest BCUT2D eigenvalue weighted by Crippen LogP contribution is 2.26. The first-order valence-corrected chi connectivity index (χ1v) is 5.57. The van der Waals surface area contributed by atoms with Gasteiger partial charge < -0.3 is 14.7 Å². The summed E-state index contributed by atoms with van der Waals surface area (Å²) >= 11 is 0. The van der Waals surface area contributed by atoms with E-state index in [0.717, 1.165) is 24.3 Å². The molecule has 2 heterocycles. The molecule has 1 aromatic rings. The minimum Gasteiger partial charge on any atom is -0.394 e. The molecule has 0 bridgehead atoms. The second kappa shape index (κ2) is 4.80. The highest BCUT2D eigenvalue weighted by molar-refractivity contribution is 5.49. The van der Waals surface area contributed by atoms with Crippen molar-refractivity contribution in [2.24, 2.45) is 0 Å². The Labute approximate surface area is 95.9 Å². The third kappa shape index (κ3) is 2.18. The highest BCUT2D eigenvalue weighted by atomic mass is 16.5. The van der Waals surface area contributed by atoms with Crippen molar-refractivity contribution in [1.29, 1.82) is 0 Å². The van der Waals surface area contributed by atoms with Gasteiger partial charge >= 0.3 is 0 Å². The molecule has 1 aromatic heterocycles. The smallest absolute Gasteiger partial charge is 0.0766 e. The third-order valence-electron chi connectivity index (χ3n) is 3.13. The molecule has 0 saturated carbocycles. The number of hydrogen-bond acceptors (Lipinski definition) is 4. The quantitative estimate of drug-likeness (QED) is 0.828. The Balaban J connectivity index is 2.19. The molecular weight excluding hydrogens is 204 g/mol. The number of aryl methyl sites for hydroxylation is 1. The van der Waals surface area contributed by atoms with Gasteiger partial charge in [-0.05, 0) is 25.5 Å². The first kappa shape index (κ1) is 11.4. The minimum atomic E-state index is 0.159. The molecule has 4 nitrogen and oxygen atoms in total. The molecule has 1 fully saturated rings. The van der Waals surface area contributed by atoms with Crippen LogP contribution in [0.3, 0.4) is 0 Å². The lowest BCUT2D eigenvalue weighted by molar-refractivity contribution is 0.115. The Morgan fingerprint density at radius 3 is 3.06 bits per heavy atom. The number of hydrogen-bond donors (Lipinski definition) is 1. The maximum absolute atomic E-state index is 9.37. The molecule has 2 rings (SSSR count). The van der Waals surface area contributed by atoms with Crippen LogP contribution in [-0.2, 0) is 4.74 Å². The molecule has 1 aliphatic rings. The van der Waals surface area contributed by atoms with E-state index in [1.165, 1.54) is 0 Å². The zero-order valence-corrected chi connectivity index (χ0v) is 9.76. The van der Waals surface area contributed by atoms with Crippen LogP contribution in [0.15, 0.2) is 18.3 Å². The molecule has 1 aliphatic heterocycles. The fourth-order valence-corrected chi connectivity index (χ4v) is 2.24. The van der Waals surface area contributed by atoms with E-state index in [2.05, 4.69) is 9.88 Å². The van der Waals surface area contributed by atoms with Gasteiger partial charge in [0.25, 0.3) is 0 Å². The summed E-state index contributed by atoms with van der Waals surface area (Å²) < 4.78 is 5.36. The topological polar surface area (TPSA) is 45.6 Å². The third-order valence-corrected chi connectivity index (χ3v) is 3.13.